The molecule has 0 aromatic heterocycles. The van der Waals surface area contributed by atoms with Gasteiger partial charge in [0.25, 0.3) is 0 Å². The summed E-state index contributed by atoms with van der Waals surface area (Å²) in [5, 5.41) is 5.29. The molecule has 1 aromatic carbocycles. The number of benzene rings is 1. The quantitative estimate of drug-likeness (QED) is 0.537. The van der Waals surface area contributed by atoms with E-state index in [1.54, 1.807) is 6.08 Å². The lowest BCUT2D eigenvalue weighted by Gasteiger charge is -2.38. The molecule has 2 rings (SSSR count). The molecule has 0 bridgehead atoms. The number of piperazine rings is 1. The summed E-state index contributed by atoms with van der Waals surface area (Å²) in [5.74, 6) is -1.24. The minimum Gasteiger partial charge on any atom is -0.378 e. The molecule has 27 heavy (non-hydrogen) atoms. The summed E-state index contributed by atoms with van der Waals surface area (Å²) in [6, 6.07) is 8.39. The lowest BCUT2D eigenvalue weighted by molar-refractivity contribution is -0.139. The first kappa shape index (κ1) is 20.9. The Morgan fingerprint density at radius 2 is 1.70 bits per heavy atom. The van der Waals surface area contributed by atoms with Gasteiger partial charge in [-0.3, -0.25) is 14.5 Å². The van der Waals surface area contributed by atoms with Crippen LogP contribution < -0.4 is 15.5 Å². The third kappa shape index (κ3) is 6.08. The number of likely N-dealkylation sites (N-methyl/N-ethyl adjacent to an activating group) is 1. The summed E-state index contributed by atoms with van der Waals surface area (Å²) in [7, 11) is 6.13. The lowest BCUT2D eigenvalue weighted by atomic mass is 10.0. The van der Waals surface area contributed by atoms with Gasteiger partial charge in [-0.25, -0.2) is 0 Å². The second-order valence-electron chi connectivity index (χ2n) is 7.05. The van der Waals surface area contributed by atoms with Crippen LogP contribution in [0.3, 0.4) is 0 Å². The Labute approximate surface area is 162 Å². The van der Waals surface area contributed by atoms with E-state index in [2.05, 4.69) is 63.2 Å². The molecule has 0 aliphatic carbocycles. The highest BCUT2D eigenvalue weighted by molar-refractivity contribution is 6.35. The fraction of sp³-hybridized carbons (Fsp3) is 0.500. The van der Waals surface area contributed by atoms with E-state index in [0.29, 0.717) is 6.54 Å². The summed E-state index contributed by atoms with van der Waals surface area (Å²) >= 11 is 0. The Balaban J connectivity index is 2.08. The largest absolute Gasteiger partial charge is 0.378 e. The summed E-state index contributed by atoms with van der Waals surface area (Å²) in [5.41, 5.74) is 2.26. The molecule has 1 aliphatic rings. The van der Waals surface area contributed by atoms with Gasteiger partial charge in [0.2, 0.25) is 0 Å². The van der Waals surface area contributed by atoms with Gasteiger partial charge in [0.15, 0.2) is 0 Å². The number of carbonyl (C=O) groups is 2. The van der Waals surface area contributed by atoms with Gasteiger partial charge in [-0.1, -0.05) is 18.2 Å². The van der Waals surface area contributed by atoms with Crippen LogP contribution in [0, 0.1) is 0 Å². The Bertz CT molecular complexity index is 636. The molecule has 7 nitrogen and oxygen atoms in total. The Hall–Kier alpha value is -2.38. The molecule has 148 valence electrons. The first-order valence-electron chi connectivity index (χ1n) is 9.29. The zero-order chi connectivity index (χ0) is 19.8. The molecule has 0 radical (unpaired) electrons. The Morgan fingerprint density at radius 3 is 2.26 bits per heavy atom. The minimum absolute atomic E-state index is 0.0334. The van der Waals surface area contributed by atoms with Gasteiger partial charge >= 0.3 is 11.8 Å². The Morgan fingerprint density at radius 1 is 1.11 bits per heavy atom. The van der Waals surface area contributed by atoms with Crippen LogP contribution in [0.1, 0.15) is 11.6 Å². The zero-order valence-electron chi connectivity index (χ0n) is 16.6. The number of nitrogens with one attached hydrogen (secondary N) is 2. The maximum Gasteiger partial charge on any atom is 0.309 e. The molecule has 1 fully saturated rings. The van der Waals surface area contributed by atoms with E-state index in [1.807, 2.05) is 14.1 Å². The SMILES string of the molecule is C=CCNC(=O)C(=O)NCC(c1ccc(N(C)C)cc1)N1CCN(C)CC1. The first-order chi connectivity index (χ1) is 12.9. The van der Waals surface area contributed by atoms with Crippen LogP contribution in [0.4, 0.5) is 5.69 Å². The molecular formula is C20H31N5O2. The molecule has 1 aliphatic heterocycles. The van der Waals surface area contributed by atoms with Crippen molar-refractivity contribution in [2.45, 2.75) is 6.04 Å². The summed E-state index contributed by atoms with van der Waals surface area (Å²) in [6.45, 7) is 8.03. The number of amides is 2. The molecule has 2 N–H and O–H groups in total. The topological polar surface area (TPSA) is 67.9 Å². The molecule has 1 unspecified atom stereocenters. The number of rotatable bonds is 7. The van der Waals surface area contributed by atoms with Crippen LogP contribution in [0.25, 0.3) is 0 Å². The van der Waals surface area contributed by atoms with Gasteiger partial charge < -0.3 is 20.4 Å². The molecule has 1 aromatic rings. The predicted octanol–water partition coefficient (Wildman–Crippen LogP) is 0.460. The van der Waals surface area contributed by atoms with E-state index in [9.17, 15) is 9.59 Å². The molecular weight excluding hydrogens is 342 g/mol. The normalized spacial score (nSPS) is 16.4. The van der Waals surface area contributed by atoms with Crippen molar-refractivity contribution in [1.82, 2.24) is 20.4 Å². The number of anilines is 1. The fourth-order valence-corrected chi connectivity index (χ4v) is 3.10. The highest BCUT2D eigenvalue weighted by Gasteiger charge is 2.25. The van der Waals surface area contributed by atoms with Crippen molar-refractivity contribution in [3.8, 4) is 0 Å². The second-order valence-corrected chi connectivity index (χ2v) is 7.05. The van der Waals surface area contributed by atoms with Crippen LogP contribution in [0.5, 0.6) is 0 Å². The average Bonchev–Trinajstić information content (AvgIpc) is 2.67. The van der Waals surface area contributed by atoms with E-state index >= 15 is 0 Å². The van der Waals surface area contributed by atoms with Gasteiger partial charge in [-0.15, -0.1) is 6.58 Å². The molecule has 0 spiro atoms. The highest BCUT2D eigenvalue weighted by Crippen LogP contribution is 2.24. The van der Waals surface area contributed by atoms with Crippen LogP contribution in [0.15, 0.2) is 36.9 Å². The molecule has 7 heteroatoms. The van der Waals surface area contributed by atoms with Gasteiger partial charge in [-0.2, -0.15) is 0 Å². The van der Waals surface area contributed by atoms with Crippen molar-refractivity contribution < 1.29 is 9.59 Å². The van der Waals surface area contributed by atoms with E-state index in [0.717, 1.165) is 37.4 Å². The van der Waals surface area contributed by atoms with Crippen molar-refractivity contribution >= 4 is 17.5 Å². The van der Waals surface area contributed by atoms with Gasteiger partial charge in [-0.05, 0) is 24.7 Å². The zero-order valence-corrected chi connectivity index (χ0v) is 16.6. The molecule has 2 amide bonds. The Kier molecular flexibility index (Phi) is 7.82. The summed E-state index contributed by atoms with van der Waals surface area (Å²) < 4.78 is 0. The van der Waals surface area contributed by atoms with Crippen LogP contribution in [-0.4, -0.2) is 82.0 Å². The first-order valence-corrected chi connectivity index (χ1v) is 9.29. The highest BCUT2D eigenvalue weighted by atomic mass is 16.2. The van der Waals surface area contributed by atoms with Crippen molar-refractivity contribution in [2.75, 3.05) is 65.3 Å². The molecule has 0 saturated carbocycles. The molecule has 1 heterocycles. The number of hydrogen-bond acceptors (Lipinski definition) is 5. The lowest BCUT2D eigenvalue weighted by Crippen LogP contribution is -2.49. The minimum atomic E-state index is -0.630. The van der Waals surface area contributed by atoms with Gasteiger partial charge in [0, 0.05) is 59.1 Å². The third-order valence-corrected chi connectivity index (χ3v) is 4.84. The standard InChI is InChI=1S/C20H31N5O2/c1-5-10-21-19(26)20(27)22-15-18(25-13-11-24(4)12-14-25)16-6-8-17(9-7-16)23(2)3/h5-9,18H,1,10-15H2,2-4H3,(H,21,26)(H,22,27). The smallest absolute Gasteiger partial charge is 0.309 e. The predicted molar refractivity (Wildman–Crippen MR) is 109 cm³/mol. The maximum absolute atomic E-state index is 12.1. The number of nitrogens with zero attached hydrogens (tertiary/aromatic N) is 3. The van der Waals surface area contributed by atoms with Crippen LogP contribution >= 0.6 is 0 Å². The number of hydrogen-bond donors (Lipinski definition) is 2. The van der Waals surface area contributed by atoms with Crippen molar-refractivity contribution in [1.29, 1.82) is 0 Å². The summed E-state index contributed by atoms with van der Waals surface area (Å²) in [4.78, 5) is 30.6. The second kappa shape index (κ2) is 10.1. The van der Waals surface area contributed by atoms with Crippen molar-refractivity contribution in [2.24, 2.45) is 0 Å². The molecule has 1 saturated heterocycles. The summed E-state index contributed by atoms with van der Waals surface area (Å²) in [6.07, 6.45) is 1.55. The van der Waals surface area contributed by atoms with Crippen molar-refractivity contribution in [3.05, 3.63) is 42.5 Å². The van der Waals surface area contributed by atoms with E-state index < -0.39 is 11.8 Å². The van der Waals surface area contributed by atoms with Crippen LogP contribution in [-0.2, 0) is 9.59 Å². The van der Waals surface area contributed by atoms with E-state index in [1.165, 1.54) is 0 Å². The third-order valence-electron chi connectivity index (χ3n) is 4.84. The van der Waals surface area contributed by atoms with E-state index in [4.69, 9.17) is 0 Å². The van der Waals surface area contributed by atoms with Crippen LogP contribution in [0.2, 0.25) is 0 Å². The van der Waals surface area contributed by atoms with Crippen molar-refractivity contribution in [3.63, 3.8) is 0 Å². The van der Waals surface area contributed by atoms with Gasteiger partial charge in [0.05, 0.1) is 6.04 Å². The van der Waals surface area contributed by atoms with Gasteiger partial charge in [0.1, 0.15) is 0 Å². The van der Waals surface area contributed by atoms with E-state index in [-0.39, 0.29) is 12.6 Å². The molecule has 1 atom stereocenters. The maximum atomic E-state index is 12.1. The average molecular weight is 374 g/mol. The monoisotopic (exact) mass is 373 g/mol. The fourth-order valence-electron chi connectivity index (χ4n) is 3.10. The number of carbonyl (C=O) groups excluding carboxylic acids is 2.